The van der Waals surface area contributed by atoms with Crippen LogP contribution in [-0.2, 0) is 0 Å². The van der Waals surface area contributed by atoms with Crippen molar-refractivity contribution in [2.24, 2.45) is 11.3 Å². The zero-order chi connectivity index (χ0) is 15.5. The number of rotatable bonds is 5. The van der Waals surface area contributed by atoms with Gasteiger partial charge in [-0.3, -0.25) is 0 Å². The van der Waals surface area contributed by atoms with Crippen LogP contribution in [0.3, 0.4) is 0 Å². The molecule has 1 rings (SSSR count). The molecule has 0 spiro atoms. The summed E-state index contributed by atoms with van der Waals surface area (Å²) in [4.78, 5) is 0. The highest BCUT2D eigenvalue weighted by Crippen LogP contribution is 2.35. The summed E-state index contributed by atoms with van der Waals surface area (Å²) in [6.45, 7) is 10.8. The van der Waals surface area contributed by atoms with Crippen LogP contribution in [0.2, 0.25) is 0 Å². The van der Waals surface area contributed by atoms with Gasteiger partial charge in [-0.05, 0) is 24.3 Å². The maximum Gasteiger partial charge on any atom is 0.133 e. The summed E-state index contributed by atoms with van der Waals surface area (Å²) in [5, 5.41) is 3.10. The van der Waals surface area contributed by atoms with Crippen molar-refractivity contribution >= 4 is 0 Å². The Morgan fingerprint density at radius 2 is 1.60 bits per heavy atom. The van der Waals surface area contributed by atoms with Gasteiger partial charge in [-0.1, -0.05) is 34.6 Å². The second kappa shape index (κ2) is 6.61. The van der Waals surface area contributed by atoms with Gasteiger partial charge >= 0.3 is 0 Å². The van der Waals surface area contributed by atoms with Crippen LogP contribution >= 0.6 is 0 Å². The molecule has 0 aromatic heterocycles. The molecule has 1 aromatic carbocycles. The first-order valence-electron chi connectivity index (χ1n) is 7.04. The Bertz CT molecular complexity index is 429. The van der Waals surface area contributed by atoms with E-state index in [2.05, 4.69) is 33.0 Å². The Morgan fingerprint density at radius 3 is 2.00 bits per heavy atom. The van der Waals surface area contributed by atoms with E-state index < -0.39 is 23.5 Å². The van der Waals surface area contributed by atoms with Gasteiger partial charge in [-0.15, -0.1) is 0 Å². The minimum atomic E-state index is -0.886. The fraction of sp³-hybridized carbons (Fsp3) is 0.625. The maximum absolute atomic E-state index is 13.9. The zero-order valence-electron chi connectivity index (χ0n) is 12.9. The first-order valence-corrected chi connectivity index (χ1v) is 7.04. The molecule has 0 fully saturated rings. The number of benzene rings is 1. The second-order valence-electron chi connectivity index (χ2n) is 6.40. The Hall–Kier alpha value is -1.03. The highest BCUT2D eigenvalue weighted by atomic mass is 19.1. The van der Waals surface area contributed by atoms with Crippen LogP contribution in [0.15, 0.2) is 12.1 Å². The van der Waals surface area contributed by atoms with Crippen LogP contribution in [-0.4, -0.2) is 6.54 Å². The van der Waals surface area contributed by atoms with Gasteiger partial charge in [-0.25, -0.2) is 13.2 Å². The lowest BCUT2D eigenvalue weighted by molar-refractivity contribution is 0.220. The van der Waals surface area contributed by atoms with E-state index in [1.165, 1.54) is 0 Å². The molecule has 0 aliphatic heterocycles. The average Bonchev–Trinajstić information content (AvgIpc) is 2.26. The molecule has 0 saturated heterocycles. The van der Waals surface area contributed by atoms with Crippen LogP contribution in [0.1, 0.15) is 52.6 Å². The zero-order valence-corrected chi connectivity index (χ0v) is 12.9. The number of nitrogens with one attached hydrogen (secondary N) is 1. The van der Waals surface area contributed by atoms with E-state index in [9.17, 15) is 13.2 Å². The molecule has 0 amide bonds. The molecule has 2 unspecified atom stereocenters. The minimum Gasteiger partial charge on any atom is -0.310 e. The lowest BCUT2D eigenvalue weighted by Crippen LogP contribution is -2.29. The molecule has 0 aliphatic rings. The average molecular weight is 287 g/mol. The van der Waals surface area contributed by atoms with Crippen molar-refractivity contribution in [1.29, 1.82) is 0 Å². The SMILES string of the molecule is CCNC(CC(C)C(C)(C)C)c1c(F)cc(F)cc1F. The van der Waals surface area contributed by atoms with E-state index in [1.54, 1.807) is 0 Å². The Morgan fingerprint density at radius 1 is 1.10 bits per heavy atom. The van der Waals surface area contributed by atoms with Crippen molar-refractivity contribution in [3.8, 4) is 0 Å². The lowest BCUT2D eigenvalue weighted by Gasteiger charge is -2.31. The molecule has 0 aliphatic carbocycles. The monoisotopic (exact) mass is 287 g/mol. The minimum absolute atomic E-state index is 0.0423. The highest BCUT2D eigenvalue weighted by Gasteiger charge is 2.27. The predicted octanol–water partition coefficient (Wildman–Crippen LogP) is 4.83. The van der Waals surface area contributed by atoms with Crippen molar-refractivity contribution in [3.05, 3.63) is 35.1 Å². The smallest absolute Gasteiger partial charge is 0.133 e. The molecular weight excluding hydrogens is 263 g/mol. The Balaban J connectivity index is 3.09. The van der Waals surface area contributed by atoms with Gasteiger partial charge in [0.05, 0.1) is 0 Å². The molecule has 1 aromatic rings. The molecule has 1 N–H and O–H groups in total. The van der Waals surface area contributed by atoms with Crippen molar-refractivity contribution in [3.63, 3.8) is 0 Å². The fourth-order valence-electron chi connectivity index (χ4n) is 2.14. The van der Waals surface area contributed by atoms with Gasteiger partial charge in [-0.2, -0.15) is 0 Å². The predicted molar refractivity (Wildman–Crippen MR) is 76.0 cm³/mol. The van der Waals surface area contributed by atoms with Crippen molar-refractivity contribution < 1.29 is 13.2 Å². The van der Waals surface area contributed by atoms with Gasteiger partial charge in [0.2, 0.25) is 0 Å². The van der Waals surface area contributed by atoms with Crippen LogP contribution in [0.4, 0.5) is 13.2 Å². The molecule has 114 valence electrons. The first kappa shape index (κ1) is 17.0. The normalized spacial score (nSPS) is 15.2. The number of hydrogen-bond donors (Lipinski definition) is 1. The van der Waals surface area contributed by atoms with Crippen LogP contribution in [0, 0.1) is 28.8 Å². The number of hydrogen-bond acceptors (Lipinski definition) is 1. The summed E-state index contributed by atoms with van der Waals surface area (Å²) in [6, 6.07) is 1.03. The van der Waals surface area contributed by atoms with E-state index >= 15 is 0 Å². The van der Waals surface area contributed by atoms with Gasteiger partial charge in [0.25, 0.3) is 0 Å². The summed E-state index contributed by atoms with van der Waals surface area (Å²) in [7, 11) is 0. The van der Waals surface area contributed by atoms with E-state index in [1.807, 2.05) is 6.92 Å². The van der Waals surface area contributed by atoms with E-state index in [0.717, 1.165) is 12.1 Å². The maximum atomic E-state index is 13.9. The summed E-state index contributed by atoms with van der Waals surface area (Å²) >= 11 is 0. The van der Waals surface area contributed by atoms with Crippen LogP contribution in [0.25, 0.3) is 0 Å². The molecule has 20 heavy (non-hydrogen) atoms. The second-order valence-corrected chi connectivity index (χ2v) is 6.40. The van der Waals surface area contributed by atoms with Crippen LogP contribution < -0.4 is 5.32 Å². The van der Waals surface area contributed by atoms with E-state index in [-0.39, 0.29) is 16.9 Å². The summed E-state index contributed by atoms with van der Waals surface area (Å²) in [5.74, 6) is -2.28. The summed E-state index contributed by atoms with van der Waals surface area (Å²) in [6.07, 6.45) is 0.594. The van der Waals surface area contributed by atoms with Crippen LogP contribution in [0.5, 0.6) is 0 Å². The molecular formula is C16H24F3N. The van der Waals surface area contributed by atoms with Crippen molar-refractivity contribution in [2.75, 3.05) is 6.54 Å². The quantitative estimate of drug-likeness (QED) is 0.818. The Kier molecular flexibility index (Phi) is 5.63. The third kappa shape index (κ3) is 4.23. The molecule has 0 bridgehead atoms. The van der Waals surface area contributed by atoms with Crippen molar-refractivity contribution in [2.45, 2.75) is 47.1 Å². The topological polar surface area (TPSA) is 12.0 Å². The first-order chi connectivity index (χ1) is 9.16. The summed E-state index contributed by atoms with van der Waals surface area (Å²) < 4.78 is 40.8. The standard InChI is InChI=1S/C16H24F3N/c1-6-20-14(7-10(2)16(3,4)5)15-12(18)8-11(17)9-13(15)19/h8-10,14,20H,6-7H2,1-5H3. The largest absolute Gasteiger partial charge is 0.310 e. The van der Waals surface area contributed by atoms with Gasteiger partial charge in [0.15, 0.2) is 0 Å². The van der Waals surface area contributed by atoms with E-state index in [0.29, 0.717) is 13.0 Å². The summed E-state index contributed by atoms with van der Waals surface area (Å²) in [5.41, 5.74) is -0.0231. The Labute approximate surface area is 119 Å². The molecule has 1 nitrogen and oxygen atoms in total. The molecule has 0 saturated carbocycles. The third-order valence-corrected chi connectivity index (χ3v) is 3.91. The van der Waals surface area contributed by atoms with Gasteiger partial charge in [0, 0.05) is 23.7 Å². The van der Waals surface area contributed by atoms with Gasteiger partial charge < -0.3 is 5.32 Å². The number of halogens is 3. The van der Waals surface area contributed by atoms with E-state index in [4.69, 9.17) is 0 Å². The molecule has 0 radical (unpaired) electrons. The van der Waals surface area contributed by atoms with Crippen molar-refractivity contribution in [1.82, 2.24) is 5.32 Å². The third-order valence-electron chi connectivity index (χ3n) is 3.91. The highest BCUT2D eigenvalue weighted by molar-refractivity contribution is 5.24. The molecule has 0 heterocycles. The molecule has 4 heteroatoms. The van der Waals surface area contributed by atoms with Gasteiger partial charge in [0.1, 0.15) is 17.5 Å². The lowest BCUT2D eigenvalue weighted by atomic mass is 9.77. The fourth-order valence-corrected chi connectivity index (χ4v) is 2.14. The molecule has 2 atom stereocenters.